The number of nitrogens with two attached hydrogens (primary N) is 1. The molecule has 0 spiro atoms. The average molecular weight is 272 g/mol. The molecule has 1 aromatic rings. The lowest BCUT2D eigenvalue weighted by Crippen LogP contribution is -2.00. The first-order valence-corrected chi connectivity index (χ1v) is 6.18. The third-order valence-electron chi connectivity index (χ3n) is 2.18. The molecule has 0 unspecified atom stereocenters. The lowest BCUT2D eigenvalue weighted by Gasteiger charge is -2.08. The van der Waals surface area contributed by atoms with Crippen molar-refractivity contribution in [2.45, 2.75) is 32.7 Å². The zero-order chi connectivity index (χ0) is 11.1. The Morgan fingerprint density at radius 1 is 1.27 bits per heavy atom. The van der Waals surface area contributed by atoms with Gasteiger partial charge >= 0.3 is 0 Å². The van der Waals surface area contributed by atoms with Crippen LogP contribution in [0.1, 0.15) is 31.7 Å². The molecule has 2 nitrogen and oxygen atoms in total. The maximum absolute atomic E-state index is 5.65. The molecule has 0 aliphatic rings. The number of halogens is 1. The molecule has 0 atom stereocenters. The molecule has 0 saturated heterocycles. The van der Waals surface area contributed by atoms with Crippen molar-refractivity contribution in [1.82, 2.24) is 0 Å². The molecular weight excluding hydrogens is 254 g/mol. The molecule has 1 rings (SSSR count). The second-order valence-electron chi connectivity index (χ2n) is 3.55. The van der Waals surface area contributed by atoms with Gasteiger partial charge in [0.05, 0.1) is 6.61 Å². The number of ether oxygens (including phenoxy) is 1. The van der Waals surface area contributed by atoms with Gasteiger partial charge in [-0.05, 0) is 30.2 Å². The molecule has 2 N–H and O–H groups in total. The van der Waals surface area contributed by atoms with Crippen LogP contribution in [0, 0.1) is 0 Å². The van der Waals surface area contributed by atoms with Gasteiger partial charge in [-0.1, -0.05) is 35.7 Å². The Morgan fingerprint density at radius 3 is 2.73 bits per heavy atom. The zero-order valence-electron chi connectivity index (χ0n) is 9.13. The van der Waals surface area contributed by atoms with Gasteiger partial charge < -0.3 is 10.5 Å². The summed E-state index contributed by atoms with van der Waals surface area (Å²) < 4.78 is 6.67. The van der Waals surface area contributed by atoms with Crippen molar-refractivity contribution in [2.24, 2.45) is 5.73 Å². The summed E-state index contributed by atoms with van der Waals surface area (Å²) in [5.41, 5.74) is 6.68. The van der Waals surface area contributed by atoms with Crippen LogP contribution in [-0.2, 0) is 6.54 Å². The Balaban J connectivity index is 2.49. The Kier molecular flexibility index (Phi) is 5.73. The first-order chi connectivity index (χ1) is 7.26. The van der Waals surface area contributed by atoms with Crippen molar-refractivity contribution >= 4 is 15.9 Å². The first-order valence-electron chi connectivity index (χ1n) is 5.38. The van der Waals surface area contributed by atoms with Crippen molar-refractivity contribution in [1.29, 1.82) is 0 Å². The fourth-order valence-corrected chi connectivity index (χ4v) is 1.88. The lowest BCUT2D eigenvalue weighted by atomic mass is 10.2. The maximum atomic E-state index is 5.65. The molecular formula is C12H18BrNO. The van der Waals surface area contributed by atoms with E-state index >= 15 is 0 Å². The number of hydrogen-bond acceptors (Lipinski definition) is 2. The van der Waals surface area contributed by atoms with E-state index in [1.54, 1.807) is 0 Å². The summed E-state index contributed by atoms with van der Waals surface area (Å²) in [7, 11) is 0. The van der Waals surface area contributed by atoms with Crippen LogP contribution in [-0.4, -0.2) is 6.61 Å². The molecule has 0 fully saturated rings. The molecule has 0 saturated carbocycles. The standard InChI is InChI=1S/C12H18BrNO/c1-2-3-4-5-15-12-7-10(9-14)6-11(13)8-12/h6-8H,2-5,9,14H2,1H3. The van der Waals surface area contributed by atoms with Crippen LogP contribution in [0.5, 0.6) is 5.75 Å². The number of rotatable bonds is 6. The van der Waals surface area contributed by atoms with Crippen molar-refractivity contribution in [3.8, 4) is 5.75 Å². The Morgan fingerprint density at radius 2 is 2.07 bits per heavy atom. The summed E-state index contributed by atoms with van der Waals surface area (Å²) in [4.78, 5) is 0. The van der Waals surface area contributed by atoms with Crippen molar-refractivity contribution < 1.29 is 4.74 Å². The van der Waals surface area contributed by atoms with E-state index < -0.39 is 0 Å². The number of benzene rings is 1. The van der Waals surface area contributed by atoms with Crippen molar-refractivity contribution in [3.05, 3.63) is 28.2 Å². The third-order valence-corrected chi connectivity index (χ3v) is 2.64. The summed E-state index contributed by atoms with van der Waals surface area (Å²) in [6.45, 7) is 3.52. The first kappa shape index (κ1) is 12.5. The molecule has 3 heteroatoms. The molecule has 0 aliphatic carbocycles. The zero-order valence-corrected chi connectivity index (χ0v) is 10.7. The van der Waals surface area contributed by atoms with Gasteiger partial charge in [0.2, 0.25) is 0 Å². The quantitative estimate of drug-likeness (QED) is 0.805. The summed E-state index contributed by atoms with van der Waals surface area (Å²) in [5, 5.41) is 0. The lowest BCUT2D eigenvalue weighted by molar-refractivity contribution is 0.306. The van der Waals surface area contributed by atoms with E-state index in [4.69, 9.17) is 10.5 Å². The highest BCUT2D eigenvalue weighted by Gasteiger charge is 1.99. The van der Waals surface area contributed by atoms with Gasteiger partial charge in [-0.25, -0.2) is 0 Å². The third kappa shape index (κ3) is 4.67. The minimum absolute atomic E-state index is 0.546. The highest BCUT2D eigenvalue weighted by atomic mass is 79.9. The van der Waals surface area contributed by atoms with E-state index in [-0.39, 0.29) is 0 Å². The van der Waals surface area contributed by atoms with Gasteiger partial charge in [0, 0.05) is 11.0 Å². The van der Waals surface area contributed by atoms with Crippen molar-refractivity contribution in [3.63, 3.8) is 0 Å². The van der Waals surface area contributed by atoms with E-state index in [2.05, 4.69) is 22.9 Å². The van der Waals surface area contributed by atoms with Gasteiger partial charge in [0.25, 0.3) is 0 Å². The molecule has 0 aromatic heterocycles. The molecule has 0 bridgehead atoms. The second-order valence-corrected chi connectivity index (χ2v) is 4.47. The summed E-state index contributed by atoms with van der Waals surface area (Å²) in [6, 6.07) is 5.99. The molecule has 0 amide bonds. The van der Waals surface area contributed by atoms with Crippen LogP contribution in [0.2, 0.25) is 0 Å². The second kappa shape index (κ2) is 6.85. The summed E-state index contributed by atoms with van der Waals surface area (Å²) in [5.74, 6) is 0.904. The van der Waals surface area contributed by atoms with Crippen LogP contribution in [0.3, 0.4) is 0 Å². The van der Waals surface area contributed by atoms with Crippen LogP contribution < -0.4 is 10.5 Å². The predicted octanol–water partition coefficient (Wildman–Crippen LogP) is 3.48. The highest BCUT2D eigenvalue weighted by molar-refractivity contribution is 9.10. The van der Waals surface area contributed by atoms with Gasteiger partial charge in [-0.3, -0.25) is 0 Å². The Bertz CT molecular complexity index is 302. The number of unbranched alkanes of at least 4 members (excludes halogenated alkanes) is 2. The van der Waals surface area contributed by atoms with Crippen molar-refractivity contribution in [2.75, 3.05) is 6.61 Å². The Labute approximate surface area is 99.9 Å². The smallest absolute Gasteiger partial charge is 0.120 e. The molecule has 0 heterocycles. The highest BCUT2D eigenvalue weighted by Crippen LogP contribution is 2.21. The van der Waals surface area contributed by atoms with E-state index in [1.165, 1.54) is 12.8 Å². The van der Waals surface area contributed by atoms with Gasteiger partial charge in [0.1, 0.15) is 5.75 Å². The minimum atomic E-state index is 0.546. The average Bonchev–Trinajstić information content (AvgIpc) is 2.23. The topological polar surface area (TPSA) is 35.2 Å². The minimum Gasteiger partial charge on any atom is -0.494 e. The summed E-state index contributed by atoms with van der Waals surface area (Å²) in [6.07, 6.45) is 3.55. The predicted molar refractivity (Wildman–Crippen MR) is 67.1 cm³/mol. The van der Waals surface area contributed by atoms with Crippen LogP contribution in [0.4, 0.5) is 0 Å². The van der Waals surface area contributed by atoms with E-state index in [1.807, 2.05) is 18.2 Å². The summed E-state index contributed by atoms with van der Waals surface area (Å²) >= 11 is 3.44. The van der Waals surface area contributed by atoms with Gasteiger partial charge in [-0.15, -0.1) is 0 Å². The van der Waals surface area contributed by atoms with Gasteiger partial charge in [-0.2, -0.15) is 0 Å². The molecule has 15 heavy (non-hydrogen) atoms. The maximum Gasteiger partial charge on any atom is 0.120 e. The monoisotopic (exact) mass is 271 g/mol. The molecule has 0 radical (unpaired) electrons. The Hall–Kier alpha value is -0.540. The molecule has 1 aromatic carbocycles. The van der Waals surface area contributed by atoms with Gasteiger partial charge in [0.15, 0.2) is 0 Å². The van der Waals surface area contributed by atoms with E-state index in [9.17, 15) is 0 Å². The van der Waals surface area contributed by atoms with Crippen LogP contribution >= 0.6 is 15.9 Å². The fourth-order valence-electron chi connectivity index (χ4n) is 1.36. The molecule has 84 valence electrons. The SMILES string of the molecule is CCCCCOc1cc(Br)cc(CN)c1. The van der Waals surface area contributed by atoms with E-state index in [0.717, 1.165) is 28.8 Å². The van der Waals surface area contributed by atoms with Crippen LogP contribution in [0.25, 0.3) is 0 Å². The van der Waals surface area contributed by atoms with E-state index in [0.29, 0.717) is 6.54 Å². The fraction of sp³-hybridized carbons (Fsp3) is 0.500. The normalized spacial score (nSPS) is 10.3. The molecule has 0 aliphatic heterocycles. The van der Waals surface area contributed by atoms with Crippen LogP contribution in [0.15, 0.2) is 22.7 Å². The largest absolute Gasteiger partial charge is 0.494 e. The number of hydrogen-bond donors (Lipinski definition) is 1.